The highest BCUT2D eigenvalue weighted by Crippen LogP contribution is 2.25. The largest absolute Gasteiger partial charge is 0.321 e. The smallest absolute Gasteiger partial charge is 0.150 e. The van der Waals surface area contributed by atoms with E-state index in [0.717, 1.165) is 18.8 Å². The topological polar surface area (TPSA) is 56.7 Å². The highest BCUT2D eigenvalue weighted by Gasteiger charge is 2.24. The van der Waals surface area contributed by atoms with Gasteiger partial charge in [0.2, 0.25) is 0 Å². The van der Waals surface area contributed by atoms with E-state index < -0.39 is 0 Å². The maximum Gasteiger partial charge on any atom is 0.150 e. The molecule has 1 aliphatic rings. The van der Waals surface area contributed by atoms with Crippen LogP contribution in [0, 0.1) is 5.92 Å². The Morgan fingerprint density at radius 2 is 2.55 bits per heavy atom. The minimum Gasteiger partial charge on any atom is -0.321 e. The summed E-state index contributed by atoms with van der Waals surface area (Å²) in [6.45, 7) is 3.17. The van der Waals surface area contributed by atoms with Gasteiger partial charge in [0.1, 0.15) is 12.2 Å². The van der Waals surface area contributed by atoms with E-state index in [2.05, 4.69) is 17.1 Å². The van der Waals surface area contributed by atoms with Crippen molar-refractivity contribution in [1.29, 1.82) is 0 Å². The maximum atomic E-state index is 5.91. The molecule has 11 heavy (non-hydrogen) atoms. The first-order chi connectivity index (χ1) is 5.29. The van der Waals surface area contributed by atoms with Crippen molar-refractivity contribution < 1.29 is 0 Å². The second-order valence-corrected chi connectivity index (χ2v) is 3.17. The Morgan fingerprint density at radius 3 is 3.36 bits per heavy atom. The summed E-state index contributed by atoms with van der Waals surface area (Å²) in [4.78, 5) is 0. The van der Waals surface area contributed by atoms with Crippen LogP contribution in [0.4, 0.5) is 0 Å². The molecular formula is C7H12N4. The molecule has 0 radical (unpaired) electrons. The molecule has 0 unspecified atom stereocenters. The van der Waals surface area contributed by atoms with E-state index in [1.165, 1.54) is 0 Å². The Kier molecular flexibility index (Phi) is 1.42. The predicted molar refractivity (Wildman–Crippen MR) is 40.7 cm³/mol. The molecule has 0 aliphatic carbocycles. The van der Waals surface area contributed by atoms with Gasteiger partial charge in [-0.15, -0.1) is 10.2 Å². The van der Waals surface area contributed by atoms with Crippen molar-refractivity contribution in [2.75, 3.05) is 0 Å². The van der Waals surface area contributed by atoms with Gasteiger partial charge in [0.05, 0.1) is 6.04 Å². The molecule has 0 spiro atoms. The fourth-order valence-electron chi connectivity index (χ4n) is 1.47. The van der Waals surface area contributed by atoms with Crippen LogP contribution in [-0.4, -0.2) is 14.8 Å². The van der Waals surface area contributed by atoms with Crippen LogP contribution in [0.5, 0.6) is 0 Å². The van der Waals surface area contributed by atoms with Crippen molar-refractivity contribution in [3.8, 4) is 0 Å². The zero-order valence-corrected chi connectivity index (χ0v) is 6.57. The molecule has 2 rings (SSSR count). The van der Waals surface area contributed by atoms with Crippen LogP contribution in [-0.2, 0) is 6.54 Å². The highest BCUT2D eigenvalue weighted by molar-refractivity contribution is 4.98. The number of fused-ring (bicyclic) bond motifs is 1. The number of nitrogens with zero attached hydrogens (tertiary/aromatic N) is 3. The Hall–Kier alpha value is -0.900. The van der Waals surface area contributed by atoms with Gasteiger partial charge in [-0.1, -0.05) is 6.92 Å². The first-order valence-corrected chi connectivity index (χ1v) is 3.92. The third kappa shape index (κ3) is 0.939. The quantitative estimate of drug-likeness (QED) is 0.582. The molecule has 0 saturated carbocycles. The van der Waals surface area contributed by atoms with Crippen molar-refractivity contribution >= 4 is 0 Å². The molecule has 4 heteroatoms. The molecule has 0 bridgehead atoms. The summed E-state index contributed by atoms with van der Waals surface area (Å²) in [7, 11) is 0. The second-order valence-electron chi connectivity index (χ2n) is 3.17. The molecule has 1 aliphatic heterocycles. The normalized spacial score (nSPS) is 30.0. The third-order valence-electron chi connectivity index (χ3n) is 2.38. The molecule has 0 saturated heterocycles. The van der Waals surface area contributed by atoms with Crippen molar-refractivity contribution in [2.24, 2.45) is 11.7 Å². The van der Waals surface area contributed by atoms with Gasteiger partial charge in [-0.3, -0.25) is 0 Å². The fraction of sp³-hybridized carbons (Fsp3) is 0.714. The van der Waals surface area contributed by atoms with Crippen LogP contribution in [0.25, 0.3) is 0 Å². The molecule has 1 aromatic heterocycles. The van der Waals surface area contributed by atoms with Gasteiger partial charge in [0.25, 0.3) is 0 Å². The summed E-state index contributed by atoms with van der Waals surface area (Å²) in [5.74, 6) is 1.47. The molecule has 2 N–H and O–H groups in total. The standard InChI is InChI=1S/C7H12N4/c1-5-2-3-11-4-9-10-7(11)6(5)8/h4-6H,2-3,8H2,1H3/t5-,6-/m1/s1. The fourth-order valence-corrected chi connectivity index (χ4v) is 1.47. The Bertz CT molecular complexity index is 255. The maximum absolute atomic E-state index is 5.91. The summed E-state index contributed by atoms with van der Waals surface area (Å²) >= 11 is 0. The summed E-state index contributed by atoms with van der Waals surface area (Å²) in [6, 6.07) is 0.0752. The average molecular weight is 152 g/mol. The van der Waals surface area contributed by atoms with Crippen LogP contribution < -0.4 is 5.73 Å². The van der Waals surface area contributed by atoms with Gasteiger partial charge >= 0.3 is 0 Å². The molecule has 2 atom stereocenters. The van der Waals surface area contributed by atoms with Gasteiger partial charge < -0.3 is 10.3 Å². The summed E-state index contributed by atoms with van der Waals surface area (Å²) in [5, 5.41) is 7.80. The molecule has 4 nitrogen and oxygen atoms in total. The van der Waals surface area contributed by atoms with Crippen molar-refractivity contribution in [2.45, 2.75) is 25.9 Å². The van der Waals surface area contributed by atoms with Gasteiger partial charge in [-0.2, -0.15) is 0 Å². The Morgan fingerprint density at radius 1 is 1.73 bits per heavy atom. The molecule has 0 fully saturated rings. The number of nitrogens with two attached hydrogens (primary N) is 1. The highest BCUT2D eigenvalue weighted by atomic mass is 15.3. The van der Waals surface area contributed by atoms with E-state index in [1.807, 2.05) is 4.57 Å². The van der Waals surface area contributed by atoms with E-state index in [9.17, 15) is 0 Å². The number of hydrogen-bond donors (Lipinski definition) is 1. The van der Waals surface area contributed by atoms with Crippen LogP contribution >= 0.6 is 0 Å². The van der Waals surface area contributed by atoms with Gasteiger partial charge in [0, 0.05) is 6.54 Å². The molecule has 0 aromatic carbocycles. The van der Waals surface area contributed by atoms with Crippen LogP contribution in [0.1, 0.15) is 25.2 Å². The third-order valence-corrected chi connectivity index (χ3v) is 2.38. The minimum atomic E-state index is 0.0752. The number of hydrogen-bond acceptors (Lipinski definition) is 3. The SMILES string of the molecule is C[C@@H]1CCn2cnnc2[C@@H]1N. The predicted octanol–water partition coefficient (Wildman–Crippen LogP) is 0.318. The van der Waals surface area contributed by atoms with E-state index >= 15 is 0 Å². The zero-order valence-electron chi connectivity index (χ0n) is 6.57. The average Bonchev–Trinajstić information content (AvgIpc) is 2.45. The number of aryl methyl sites for hydroxylation is 1. The number of rotatable bonds is 0. The second kappa shape index (κ2) is 2.30. The monoisotopic (exact) mass is 152 g/mol. The first kappa shape index (κ1) is 6.79. The van der Waals surface area contributed by atoms with Gasteiger partial charge in [0.15, 0.2) is 0 Å². The molecule has 0 amide bonds. The van der Waals surface area contributed by atoms with Crippen LogP contribution in [0.2, 0.25) is 0 Å². The molecular weight excluding hydrogens is 140 g/mol. The lowest BCUT2D eigenvalue weighted by Gasteiger charge is -2.25. The number of aromatic nitrogens is 3. The lowest BCUT2D eigenvalue weighted by molar-refractivity contribution is 0.339. The van der Waals surface area contributed by atoms with Gasteiger partial charge in [-0.05, 0) is 12.3 Å². The van der Waals surface area contributed by atoms with E-state index in [0.29, 0.717) is 5.92 Å². The molecule has 2 heterocycles. The first-order valence-electron chi connectivity index (χ1n) is 3.92. The molecule has 1 aromatic rings. The summed E-state index contributed by atoms with van der Waals surface area (Å²) in [5.41, 5.74) is 5.91. The van der Waals surface area contributed by atoms with E-state index in [-0.39, 0.29) is 6.04 Å². The van der Waals surface area contributed by atoms with E-state index in [1.54, 1.807) is 6.33 Å². The lowest BCUT2D eigenvalue weighted by Crippen LogP contribution is -2.28. The van der Waals surface area contributed by atoms with Crippen molar-refractivity contribution in [3.05, 3.63) is 12.2 Å². The minimum absolute atomic E-state index is 0.0752. The summed E-state index contributed by atoms with van der Waals surface area (Å²) < 4.78 is 2.03. The van der Waals surface area contributed by atoms with E-state index in [4.69, 9.17) is 5.73 Å². The van der Waals surface area contributed by atoms with Crippen LogP contribution in [0.15, 0.2) is 6.33 Å². The van der Waals surface area contributed by atoms with Crippen LogP contribution in [0.3, 0.4) is 0 Å². The van der Waals surface area contributed by atoms with Gasteiger partial charge in [-0.25, -0.2) is 0 Å². The summed E-state index contributed by atoms with van der Waals surface area (Å²) in [6.07, 6.45) is 2.88. The Balaban J connectivity index is 2.38. The van der Waals surface area contributed by atoms with Crippen molar-refractivity contribution in [1.82, 2.24) is 14.8 Å². The Labute approximate surface area is 65.4 Å². The molecule has 60 valence electrons. The zero-order chi connectivity index (χ0) is 7.84. The lowest BCUT2D eigenvalue weighted by atomic mass is 9.95. The van der Waals surface area contributed by atoms with Crippen molar-refractivity contribution in [3.63, 3.8) is 0 Å².